The van der Waals surface area contributed by atoms with Gasteiger partial charge in [0.2, 0.25) is 0 Å². The molecule has 0 aromatic rings. The van der Waals surface area contributed by atoms with Crippen LogP contribution in [-0.4, -0.2) is 42.2 Å². The predicted molar refractivity (Wildman–Crippen MR) is 62.2 cm³/mol. The number of carbonyl (C=O) groups excluding carboxylic acids is 1. The second-order valence-corrected chi connectivity index (χ2v) is 5.05. The highest BCUT2D eigenvalue weighted by atomic mass is 35.5. The smallest absolute Gasteiger partial charge is 0.250 e. The third kappa shape index (κ3) is 3.34. The highest BCUT2D eigenvalue weighted by Gasteiger charge is 2.27. The first-order valence-corrected chi connectivity index (χ1v) is 6.42. The average Bonchev–Trinajstić information content (AvgIpc) is 2.30. The summed E-state index contributed by atoms with van der Waals surface area (Å²) in [5, 5.41) is 3.06. The molecular weight excluding hydrogens is 228 g/mol. The molecule has 2 fully saturated rings. The minimum absolute atomic E-state index is 0.00255. The van der Waals surface area contributed by atoms with E-state index in [-0.39, 0.29) is 5.91 Å². The fourth-order valence-corrected chi connectivity index (χ4v) is 2.51. The fraction of sp³-hybridized carbons (Fsp3) is 0.909. The number of morpholine rings is 1. The summed E-state index contributed by atoms with van der Waals surface area (Å²) in [6.45, 7) is 1.71. The summed E-state index contributed by atoms with van der Waals surface area (Å²) in [4.78, 5) is 11.9. The van der Waals surface area contributed by atoms with Gasteiger partial charge in [-0.05, 0) is 24.6 Å². The Morgan fingerprint density at radius 2 is 2.06 bits per heavy atom. The van der Waals surface area contributed by atoms with Crippen LogP contribution in [0.4, 0.5) is 0 Å². The van der Waals surface area contributed by atoms with Crippen LogP contribution in [0.2, 0.25) is 0 Å². The minimum Gasteiger partial charge on any atom is -0.366 e. The lowest BCUT2D eigenvalue weighted by atomic mass is 9.95. The molecule has 1 aliphatic heterocycles. The van der Waals surface area contributed by atoms with Gasteiger partial charge < -0.3 is 10.1 Å². The molecule has 5 heteroatoms. The maximum atomic E-state index is 11.9. The lowest BCUT2D eigenvalue weighted by molar-refractivity contribution is -0.137. The molecular formula is C11H19ClN2O2. The molecule has 0 aromatic heterocycles. The molecule has 92 valence electrons. The second-order valence-electron chi connectivity index (χ2n) is 4.57. The lowest BCUT2D eigenvalue weighted by Crippen LogP contribution is -2.49. The van der Waals surface area contributed by atoms with E-state index in [0.717, 1.165) is 12.8 Å². The number of nitrogens with zero attached hydrogens (tertiary/aromatic N) is 1. The monoisotopic (exact) mass is 246 g/mol. The quantitative estimate of drug-likeness (QED) is 0.747. The van der Waals surface area contributed by atoms with Crippen LogP contribution in [0, 0.1) is 0 Å². The molecule has 1 unspecified atom stereocenters. The molecule has 1 saturated heterocycles. The molecule has 0 spiro atoms. The fourth-order valence-electron chi connectivity index (χ4n) is 2.32. The van der Waals surface area contributed by atoms with Crippen molar-refractivity contribution in [1.29, 1.82) is 0 Å². The van der Waals surface area contributed by atoms with Gasteiger partial charge in [-0.15, -0.1) is 0 Å². The average molecular weight is 247 g/mol. The predicted octanol–water partition coefficient (Wildman–Crippen LogP) is 1.29. The van der Waals surface area contributed by atoms with Crippen LogP contribution >= 0.6 is 11.8 Å². The molecule has 1 atom stereocenters. The summed E-state index contributed by atoms with van der Waals surface area (Å²) in [5.41, 5.74) is 0. The van der Waals surface area contributed by atoms with Crippen molar-refractivity contribution in [3.8, 4) is 0 Å². The molecule has 0 radical (unpaired) electrons. The number of carbonyl (C=O) groups is 1. The summed E-state index contributed by atoms with van der Waals surface area (Å²) in [7, 11) is 0. The van der Waals surface area contributed by atoms with E-state index in [9.17, 15) is 4.79 Å². The molecule has 2 aliphatic rings. The van der Waals surface area contributed by atoms with Gasteiger partial charge in [0.1, 0.15) is 6.10 Å². The van der Waals surface area contributed by atoms with Crippen LogP contribution in [0.25, 0.3) is 0 Å². The summed E-state index contributed by atoms with van der Waals surface area (Å²) < 4.78 is 7.03. The molecule has 4 nitrogen and oxygen atoms in total. The first kappa shape index (κ1) is 12.1. The Morgan fingerprint density at radius 1 is 1.31 bits per heavy atom. The van der Waals surface area contributed by atoms with Crippen molar-refractivity contribution < 1.29 is 9.53 Å². The Morgan fingerprint density at radius 3 is 2.75 bits per heavy atom. The van der Waals surface area contributed by atoms with Gasteiger partial charge in [-0.3, -0.25) is 4.79 Å². The van der Waals surface area contributed by atoms with Gasteiger partial charge in [-0.2, -0.15) is 0 Å². The van der Waals surface area contributed by atoms with Crippen molar-refractivity contribution in [3.63, 3.8) is 0 Å². The first-order valence-electron chi connectivity index (χ1n) is 6.08. The van der Waals surface area contributed by atoms with Gasteiger partial charge in [-0.1, -0.05) is 19.3 Å². The standard InChI is InChI=1S/C11H19ClN2O2/c12-14-6-7-16-10(8-14)11(15)13-9-4-2-1-3-5-9/h9-10H,1-8H2,(H,13,15). The maximum Gasteiger partial charge on any atom is 0.250 e. The van der Waals surface area contributed by atoms with Gasteiger partial charge in [0, 0.05) is 19.1 Å². The summed E-state index contributed by atoms with van der Waals surface area (Å²) in [5.74, 6) is -0.00255. The molecule has 1 aliphatic carbocycles. The third-order valence-corrected chi connectivity index (χ3v) is 3.57. The van der Waals surface area contributed by atoms with E-state index in [4.69, 9.17) is 16.5 Å². The molecule has 1 N–H and O–H groups in total. The third-order valence-electron chi connectivity index (χ3n) is 3.26. The van der Waals surface area contributed by atoms with E-state index >= 15 is 0 Å². The zero-order valence-corrected chi connectivity index (χ0v) is 10.2. The number of ether oxygens (including phenoxy) is 1. The van der Waals surface area contributed by atoms with E-state index in [0.29, 0.717) is 25.7 Å². The summed E-state index contributed by atoms with van der Waals surface area (Å²) >= 11 is 5.87. The van der Waals surface area contributed by atoms with Crippen molar-refractivity contribution in [1.82, 2.24) is 9.74 Å². The summed E-state index contributed by atoms with van der Waals surface area (Å²) in [6, 6.07) is 0.343. The van der Waals surface area contributed by atoms with Crippen molar-refractivity contribution in [2.75, 3.05) is 19.7 Å². The van der Waals surface area contributed by atoms with Crippen LogP contribution in [0.1, 0.15) is 32.1 Å². The van der Waals surface area contributed by atoms with Crippen LogP contribution in [0.5, 0.6) is 0 Å². The second kappa shape index (κ2) is 5.84. The highest BCUT2D eigenvalue weighted by molar-refractivity contribution is 6.13. The van der Waals surface area contributed by atoms with E-state index in [1.165, 1.54) is 19.3 Å². The van der Waals surface area contributed by atoms with Crippen LogP contribution in [0.15, 0.2) is 0 Å². The van der Waals surface area contributed by atoms with Crippen LogP contribution < -0.4 is 5.32 Å². The Kier molecular flexibility index (Phi) is 4.44. The van der Waals surface area contributed by atoms with Gasteiger partial charge in [0.05, 0.1) is 6.61 Å². The van der Waals surface area contributed by atoms with E-state index in [2.05, 4.69) is 5.32 Å². The molecule has 1 heterocycles. The molecule has 0 aromatic carbocycles. The maximum absolute atomic E-state index is 11.9. The zero-order chi connectivity index (χ0) is 11.4. The number of amides is 1. The number of hydrogen-bond acceptors (Lipinski definition) is 3. The highest BCUT2D eigenvalue weighted by Crippen LogP contribution is 2.18. The number of halogens is 1. The van der Waals surface area contributed by atoms with Crippen LogP contribution in [-0.2, 0) is 9.53 Å². The summed E-state index contributed by atoms with van der Waals surface area (Å²) in [6.07, 6.45) is 5.54. The normalized spacial score (nSPS) is 28.9. The Hall–Kier alpha value is -0.320. The molecule has 16 heavy (non-hydrogen) atoms. The topological polar surface area (TPSA) is 41.6 Å². The SMILES string of the molecule is O=C(NC1CCCCC1)C1CN(Cl)CCO1. The molecule has 0 bridgehead atoms. The molecule has 1 amide bonds. The number of rotatable bonds is 2. The Labute approximate surface area is 101 Å². The largest absolute Gasteiger partial charge is 0.366 e. The van der Waals surface area contributed by atoms with Gasteiger partial charge in [-0.25, -0.2) is 4.42 Å². The van der Waals surface area contributed by atoms with E-state index in [1.54, 1.807) is 4.42 Å². The minimum atomic E-state index is -0.395. The van der Waals surface area contributed by atoms with Gasteiger partial charge >= 0.3 is 0 Å². The lowest BCUT2D eigenvalue weighted by Gasteiger charge is -2.30. The molecule has 2 rings (SSSR count). The van der Waals surface area contributed by atoms with E-state index in [1.807, 2.05) is 0 Å². The Bertz CT molecular complexity index is 244. The van der Waals surface area contributed by atoms with E-state index < -0.39 is 6.10 Å². The zero-order valence-electron chi connectivity index (χ0n) is 9.45. The number of hydrogen-bond donors (Lipinski definition) is 1. The van der Waals surface area contributed by atoms with Crippen molar-refractivity contribution in [2.45, 2.75) is 44.2 Å². The van der Waals surface area contributed by atoms with Gasteiger partial charge in [0.15, 0.2) is 0 Å². The number of nitrogens with one attached hydrogen (secondary N) is 1. The van der Waals surface area contributed by atoms with Crippen molar-refractivity contribution >= 4 is 17.7 Å². The Balaban J connectivity index is 1.77. The van der Waals surface area contributed by atoms with Crippen LogP contribution in [0.3, 0.4) is 0 Å². The van der Waals surface area contributed by atoms with Crippen molar-refractivity contribution in [2.24, 2.45) is 0 Å². The van der Waals surface area contributed by atoms with Crippen molar-refractivity contribution in [3.05, 3.63) is 0 Å². The molecule has 1 saturated carbocycles. The van der Waals surface area contributed by atoms with Gasteiger partial charge in [0.25, 0.3) is 5.91 Å². The first-order chi connectivity index (χ1) is 7.75.